The monoisotopic (exact) mass is 257 g/mol. The van der Waals surface area contributed by atoms with Crippen LogP contribution < -0.4 is 5.32 Å². The first kappa shape index (κ1) is 15.4. The van der Waals surface area contributed by atoms with Crippen LogP contribution in [0, 0.1) is 5.41 Å². The number of carboxylic acids is 1. The number of nitrogens with one attached hydrogen (secondary N) is 1. The van der Waals surface area contributed by atoms with Crippen molar-refractivity contribution in [3.05, 3.63) is 0 Å². The molecule has 0 radical (unpaired) electrons. The Bertz CT molecular complexity index is 256. The van der Waals surface area contributed by atoms with Crippen LogP contribution in [0.4, 0.5) is 0 Å². The van der Waals surface area contributed by atoms with Crippen molar-refractivity contribution in [2.24, 2.45) is 5.41 Å². The van der Waals surface area contributed by atoms with Crippen LogP contribution in [0.15, 0.2) is 0 Å². The fourth-order valence-corrected chi connectivity index (χ4v) is 2.45. The Kier molecular flexibility index (Phi) is 6.09. The van der Waals surface area contributed by atoms with Crippen LogP contribution in [0.3, 0.4) is 0 Å². The third kappa shape index (κ3) is 5.36. The molecular weight excluding hydrogens is 230 g/mol. The summed E-state index contributed by atoms with van der Waals surface area (Å²) in [6, 6.07) is -0.477. The van der Waals surface area contributed by atoms with E-state index in [1.165, 1.54) is 12.8 Å². The fraction of sp³-hybridized carbons (Fsp3) is 0.929. The Balaban J connectivity index is 2.19. The lowest BCUT2D eigenvalue weighted by molar-refractivity contribution is -0.140. The van der Waals surface area contributed by atoms with Gasteiger partial charge in [0.25, 0.3) is 0 Å². The van der Waals surface area contributed by atoms with Gasteiger partial charge in [-0.05, 0) is 44.1 Å². The van der Waals surface area contributed by atoms with E-state index >= 15 is 0 Å². The number of likely N-dealkylation sites (N-methyl/N-ethyl adjacent to an activating group) is 1. The summed E-state index contributed by atoms with van der Waals surface area (Å²) in [6.07, 6.45) is 5.48. The Morgan fingerprint density at radius 2 is 2.06 bits per heavy atom. The molecule has 18 heavy (non-hydrogen) atoms. The van der Waals surface area contributed by atoms with Crippen molar-refractivity contribution < 1.29 is 14.6 Å². The Hall–Kier alpha value is -0.610. The lowest BCUT2D eigenvalue weighted by Gasteiger charge is -2.34. The zero-order chi connectivity index (χ0) is 13.6. The van der Waals surface area contributed by atoms with E-state index in [0.717, 1.165) is 12.8 Å². The highest BCUT2D eigenvalue weighted by Crippen LogP contribution is 2.36. The quantitative estimate of drug-likeness (QED) is 0.735. The summed E-state index contributed by atoms with van der Waals surface area (Å²) < 4.78 is 5.80. The van der Waals surface area contributed by atoms with Crippen LogP contribution in [0.2, 0.25) is 0 Å². The van der Waals surface area contributed by atoms with Gasteiger partial charge in [0.15, 0.2) is 0 Å². The van der Waals surface area contributed by atoms with E-state index in [2.05, 4.69) is 19.2 Å². The van der Waals surface area contributed by atoms with Crippen molar-refractivity contribution in [3.63, 3.8) is 0 Å². The Morgan fingerprint density at radius 1 is 1.44 bits per heavy atom. The van der Waals surface area contributed by atoms with Crippen molar-refractivity contribution in [1.82, 2.24) is 5.32 Å². The Labute approximate surface area is 110 Å². The standard InChI is InChI=1S/C14H27NO3/c1-4-15-12(13(16)17)7-10-18-11-5-8-14(2,3)9-6-11/h11-12,15H,4-10H2,1-3H3,(H,16,17). The molecule has 1 aliphatic carbocycles. The third-order valence-electron chi connectivity index (χ3n) is 3.79. The molecule has 1 fully saturated rings. The van der Waals surface area contributed by atoms with Gasteiger partial charge < -0.3 is 15.2 Å². The highest BCUT2D eigenvalue weighted by Gasteiger charge is 2.27. The van der Waals surface area contributed by atoms with E-state index in [9.17, 15) is 4.79 Å². The van der Waals surface area contributed by atoms with Gasteiger partial charge in [0, 0.05) is 6.61 Å². The summed E-state index contributed by atoms with van der Waals surface area (Å²) in [6.45, 7) is 7.73. The first-order valence-corrected chi connectivity index (χ1v) is 7.02. The number of hydrogen-bond donors (Lipinski definition) is 2. The summed E-state index contributed by atoms with van der Waals surface area (Å²) in [5.74, 6) is -0.787. The van der Waals surface area contributed by atoms with Crippen LogP contribution in [-0.2, 0) is 9.53 Å². The molecule has 0 saturated heterocycles. The normalized spacial score (nSPS) is 21.7. The number of carbonyl (C=O) groups is 1. The summed E-state index contributed by atoms with van der Waals surface area (Å²) in [5.41, 5.74) is 0.452. The minimum Gasteiger partial charge on any atom is -0.480 e. The summed E-state index contributed by atoms with van der Waals surface area (Å²) >= 11 is 0. The smallest absolute Gasteiger partial charge is 0.320 e. The van der Waals surface area contributed by atoms with Gasteiger partial charge in [-0.1, -0.05) is 20.8 Å². The molecule has 4 nitrogen and oxygen atoms in total. The maximum atomic E-state index is 10.9. The van der Waals surface area contributed by atoms with Crippen LogP contribution in [-0.4, -0.2) is 36.4 Å². The topological polar surface area (TPSA) is 58.6 Å². The molecule has 0 aliphatic heterocycles. The molecule has 0 amide bonds. The van der Waals surface area contributed by atoms with Crippen molar-refractivity contribution in [2.75, 3.05) is 13.2 Å². The van der Waals surface area contributed by atoms with Crippen LogP contribution in [0.5, 0.6) is 0 Å². The van der Waals surface area contributed by atoms with Crippen molar-refractivity contribution in [1.29, 1.82) is 0 Å². The average molecular weight is 257 g/mol. The molecule has 1 saturated carbocycles. The van der Waals surface area contributed by atoms with Gasteiger partial charge in [-0.2, -0.15) is 0 Å². The molecule has 0 aromatic carbocycles. The van der Waals surface area contributed by atoms with Gasteiger partial charge in [0.1, 0.15) is 6.04 Å². The number of hydrogen-bond acceptors (Lipinski definition) is 3. The second kappa shape index (κ2) is 7.10. The molecule has 1 rings (SSSR count). The summed E-state index contributed by atoms with van der Waals surface area (Å²) in [5, 5.41) is 11.9. The molecule has 4 heteroatoms. The van der Waals surface area contributed by atoms with Gasteiger partial charge in [0.05, 0.1) is 6.10 Å². The van der Waals surface area contributed by atoms with Gasteiger partial charge >= 0.3 is 5.97 Å². The summed E-state index contributed by atoms with van der Waals surface area (Å²) in [4.78, 5) is 10.9. The predicted octanol–water partition coefficient (Wildman–Crippen LogP) is 2.42. The minimum atomic E-state index is -0.787. The highest BCUT2D eigenvalue weighted by atomic mass is 16.5. The molecule has 2 N–H and O–H groups in total. The average Bonchev–Trinajstić information content (AvgIpc) is 2.30. The second-order valence-corrected chi connectivity index (χ2v) is 5.97. The van der Waals surface area contributed by atoms with Crippen LogP contribution >= 0.6 is 0 Å². The lowest BCUT2D eigenvalue weighted by atomic mass is 9.76. The third-order valence-corrected chi connectivity index (χ3v) is 3.79. The van der Waals surface area contributed by atoms with E-state index in [1.54, 1.807) is 0 Å². The maximum absolute atomic E-state index is 10.9. The second-order valence-electron chi connectivity index (χ2n) is 5.97. The van der Waals surface area contributed by atoms with Gasteiger partial charge in [-0.3, -0.25) is 4.79 Å². The number of ether oxygens (including phenoxy) is 1. The van der Waals surface area contributed by atoms with Crippen LogP contribution in [0.25, 0.3) is 0 Å². The lowest BCUT2D eigenvalue weighted by Crippen LogP contribution is -2.38. The molecule has 1 unspecified atom stereocenters. The largest absolute Gasteiger partial charge is 0.480 e. The zero-order valence-electron chi connectivity index (χ0n) is 11.9. The van der Waals surface area contributed by atoms with E-state index in [4.69, 9.17) is 9.84 Å². The van der Waals surface area contributed by atoms with Gasteiger partial charge in [-0.25, -0.2) is 0 Å². The van der Waals surface area contributed by atoms with Crippen molar-refractivity contribution >= 4 is 5.97 Å². The number of carboxylic acid groups (broad SMARTS) is 1. The van der Waals surface area contributed by atoms with E-state index in [1.807, 2.05) is 6.92 Å². The molecule has 0 spiro atoms. The molecule has 0 bridgehead atoms. The predicted molar refractivity (Wildman–Crippen MR) is 71.7 cm³/mol. The minimum absolute atomic E-state index is 0.328. The van der Waals surface area contributed by atoms with E-state index in [-0.39, 0.29) is 0 Å². The van der Waals surface area contributed by atoms with Crippen LogP contribution in [0.1, 0.15) is 52.9 Å². The maximum Gasteiger partial charge on any atom is 0.320 e. The van der Waals surface area contributed by atoms with E-state index < -0.39 is 12.0 Å². The number of rotatable bonds is 7. The molecule has 0 aromatic rings. The SMILES string of the molecule is CCNC(CCOC1CCC(C)(C)CC1)C(=O)O. The van der Waals surface area contributed by atoms with Crippen molar-refractivity contribution in [2.45, 2.75) is 65.0 Å². The summed E-state index contributed by atoms with van der Waals surface area (Å²) in [7, 11) is 0. The first-order valence-electron chi connectivity index (χ1n) is 7.02. The number of aliphatic carboxylic acids is 1. The molecule has 106 valence electrons. The fourth-order valence-electron chi connectivity index (χ4n) is 2.45. The molecule has 1 atom stereocenters. The molecule has 1 aliphatic rings. The van der Waals surface area contributed by atoms with Crippen molar-refractivity contribution in [3.8, 4) is 0 Å². The molecule has 0 aromatic heterocycles. The zero-order valence-corrected chi connectivity index (χ0v) is 11.9. The first-order chi connectivity index (χ1) is 8.44. The van der Waals surface area contributed by atoms with E-state index in [0.29, 0.717) is 31.1 Å². The van der Waals surface area contributed by atoms with Gasteiger partial charge in [-0.15, -0.1) is 0 Å². The van der Waals surface area contributed by atoms with Gasteiger partial charge in [0.2, 0.25) is 0 Å². The Morgan fingerprint density at radius 3 is 2.56 bits per heavy atom. The molecular formula is C14H27NO3. The molecule has 0 heterocycles. The highest BCUT2D eigenvalue weighted by molar-refractivity contribution is 5.73.